The number of hydrogen-bond acceptors (Lipinski definition) is 6. The van der Waals surface area contributed by atoms with Crippen LogP contribution in [0.2, 0.25) is 0 Å². The number of hydrogen-bond donors (Lipinski definition) is 3. The standard InChI is InChI=1S/C28H23FN4O3S2/c1-18(25(34)33-28-30-15-16-37-28)38-22-13-11-21(12-14-22)31-27(36)24(17-20-9-5-6-10-23(20)29)32-26(35)19-7-3-2-4-8-19/h2-18H,1H3,(H,31,36)(H,32,35)(H,30,33,34)/b24-17-/t18-/m1/s1. The van der Waals surface area contributed by atoms with Crippen molar-refractivity contribution in [1.82, 2.24) is 10.3 Å². The van der Waals surface area contributed by atoms with Crippen LogP contribution < -0.4 is 16.0 Å². The molecule has 1 heterocycles. The van der Waals surface area contributed by atoms with Gasteiger partial charge in [-0.25, -0.2) is 9.37 Å². The fourth-order valence-electron chi connectivity index (χ4n) is 3.26. The molecule has 0 radical (unpaired) electrons. The third-order valence-electron chi connectivity index (χ3n) is 5.19. The van der Waals surface area contributed by atoms with E-state index in [2.05, 4.69) is 20.9 Å². The Morgan fingerprint density at radius 2 is 1.66 bits per heavy atom. The minimum absolute atomic E-state index is 0.116. The van der Waals surface area contributed by atoms with Gasteiger partial charge in [0.15, 0.2) is 5.13 Å². The van der Waals surface area contributed by atoms with Gasteiger partial charge in [-0.15, -0.1) is 23.1 Å². The summed E-state index contributed by atoms with van der Waals surface area (Å²) in [6, 6.07) is 21.3. The van der Waals surface area contributed by atoms with Gasteiger partial charge in [0, 0.05) is 33.3 Å². The van der Waals surface area contributed by atoms with Crippen LogP contribution in [0.3, 0.4) is 0 Å². The Labute approximate surface area is 227 Å². The molecule has 3 aromatic carbocycles. The summed E-state index contributed by atoms with van der Waals surface area (Å²) in [6.07, 6.45) is 2.91. The molecule has 1 atom stereocenters. The van der Waals surface area contributed by atoms with Crippen LogP contribution in [0.1, 0.15) is 22.8 Å². The van der Waals surface area contributed by atoms with E-state index in [-0.39, 0.29) is 22.4 Å². The molecule has 0 unspecified atom stereocenters. The molecule has 0 saturated carbocycles. The van der Waals surface area contributed by atoms with E-state index < -0.39 is 17.6 Å². The maximum absolute atomic E-state index is 14.3. The van der Waals surface area contributed by atoms with E-state index in [4.69, 9.17) is 0 Å². The lowest BCUT2D eigenvalue weighted by Crippen LogP contribution is -2.30. The van der Waals surface area contributed by atoms with Gasteiger partial charge < -0.3 is 16.0 Å². The first-order valence-corrected chi connectivity index (χ1v) is 13.3. The molecule has 4 rings (SSSR count). The lowest BCUT2D eigenvalue weighted by Gasteiger charge is -2.13. The molecule has 0 spiro atoms. The van der Waals surface area contributed by atoms with E-state index in [1.54, 1.807) is 79.2 Å². The van der Waals surface area contributed by atoms with Crippen LogP contribution in [0.4, 0.5) is 15.2 Å². The third-order valence-corrected chi connectivity index (χ3v) is 6.99. The molecule has 0 bridgehead atoms. The largest absolute Gasteiger partial charge is 0.321 e. The number of halogens is 1. The second-order valence-electron chi connectivity index (χ2n) is 7.96. The van der Waals surface area contributed by atoms with E-state index in [0.717, 1.165) is 4.90 Å². The van der Waals surface area contributed by atoms with Crippen molar-refractivity contribution in [1.29, 1.82) is 0 Å². The molecule has 0 fully saturated rings. The number of nitrogens with zero attached hydrogens (tertiary/aromatic N) is 1. The van der Waals surface area contributed by atoms with Crippen LogP contribution in [0, 0.1) is 5.82 Å². The van der Waals surface area contributed by atoms with Gasteiger partial charge in [0.2, 0.25) is 5.91 Å². The van der Waals surface area contributed by atoms with Crippen molar-refractivity contribution in [2.75, 3.05) is 10.6 Å². The summed E-state index contributed by atoms with van der Waals surface area (Å²) in [5.41, 5.74) is 0.861. The van der Waals surface area contributed by atoms with Crippen molar-refractivity contribution in [2.45, 2.75) is 17.1 Å². The zero-order chi connectivity index (χ0) is 26.9. The van der Waals surface area contributed by atoms with Gasteiger partial charge in [0.05, 0.1) is 5.25 Å². The average Bonchev–Trinajstić information content (AvgIpc) is 3.44. The van der Waals surface area contributed by atoms with Gasteiger partial charge in [-0.2, -0.15) is 0 Å². The number of amides is 3. The average molecular weight is 547 g/mol. The minimum Gasteiger partial charge on any atom is -0.321 e. The van der Waals surface area contributed by atoms with Crippen LogP contribution in [0.25, 0.3) is 6.08 Å². The molecule has 0 aliphatic carbocycles. The number of benzene rings is 3. The van der Waals surface area contributed by atoms with Crippen LogP contribution in [-0.2, 0) is 9.59 Å². The SMILES string of the molecule is C[C@@H](Sc1ccc(NC(=O)/C(=C/c2ccccc2F)NC(=O)c2ccccc2)cc1)C(=O)Nc1nccs1. The van der Waals surface area contributed by atoms with Crippen LogP contribution in [0.15, 0.2) is 101 Å². The molecule has 1 aromatic heterocycles. The Bertz CT molecular complexity index is 1440. The molecule has 192 valence electrons. The van der Waals surface area contributed by atoms with Crippen molar-refractivity contribution >= 4 is 57.7 Å². The highest BCUT2D eigenvalue weighted by Crippen LogP contribution is 2.26. The maximum atomic E-state index is 14.3. The molecule has 10 heteroatoms. The van der Waals surface area contributed by atoms with Gasteiger partial charge in [0.1, 0.15) is 11.5 Å². The van der Waals surface area contributed by atoms with Crippen LogP contribution >= 0.6 is 23.1 Å². The predicted octanol–water partition coefficient (Wildman–Crippen LogP) is 5.81. The quantitative estimate of drug-likeness (QED) is 0.182. The highest BCUT2D eigenvalue weighted by molar-refractivity contribution is 8.00. The molecule has 38 heavy (non-hydrogen) atoms. The zero-order valence-electron chi connectivity index (χ0n) is 20.2. The number of carbonyl (C=O) groups excluding carboxylic acids is 3. The van der Waals surface area contributed by atoms with Crippen LogP contribution in [0.5, 0.6) is 0 Å². The van der Waals surface area contributed by atoms with E-state index >= 15 is 0 Å². The lowest BCUT2D eigenvalue weighted by molar-refractivity contribution is -0.115. The highest BCUT2D eigenvalue weighted by atomic mass is 32.2. The number of anilines is 2. The second kappa shape index (κ2) is 12.8. The molecule has 0 aliphatic heterocycles. The number of thiazole rings is 1. The summed E-state index contributed by atoms with van der Waals surface area (Å²) in [5.74, 6) is -1.81. The molecule has 3 N–H and O–H groups in total. The van der Waals surface area contributed by atoms with E-state index in [0.29, 0.717) is 16.4 Å². The first kappa shape index (κ1) is 26.8. The fourth-order valence-corrected chi connectivity index (χ4v) is 4.65. The number of carbonyl (C=O) groups is 3. The van der Waals surface area contributed by atoms with Gasteiger partial charge in [0.25, 0.3) is 11.8 Å². The Morgan fingerprint density at radius 3 is 2.34 bits per heavy atom. The molecular weight excluding hydrogens is 523 g/mol. The minimum atomic E-state index is -0.617. The zero-order valence-corrected chi connectivity index (χ0v) is 21.8. The first-order chi connectivity index (χ1) is 18.4. The first-order valence-electron chi connectivity index (χ1n) is 11.5. The second-order valence-corrected chi connectivity index (χ2v) is 10.3. The fraction of sp³-hybridized carbons (Fsp3) is 0.0714. The monoisotopic (exact) mass is 546 g/mol. The summed E-state index contributed by atoms with van der Waals surface area (Å²) in [6.45, 7) is 1.79. The Hall–Kier alpha value is -4.28. The Kier molecular flexibility index (Phi) is 9.02. The lowest BCUT2D eigenvalue weighted by atomic mass is 10.1. The van der Waals surface area contributed by atoms with Gasteiger partial charge in [-0.05, 0) is 55.5 Å². The summed E-state index contributed by atoms with van der Waals surface area (Å²) in [5, 5.41) is 10.0. The van der Waals surface area contributed by atoms with Crippen molar-refractivity contribution in [3.8, 4) is 0 Å². The molecule has 7 nitrogen and oxygen atoms in total. The van der Waals surface area contributed by atoms with E-state index in [1.165, 1.54) is 47.4 Å². The summed E-state index contributed by atoms with van der Waals surface area (Å²) in [7, 11) is 0. The third kappa shape index (κ3) is 7.37. The summed E-state index contributed by atoms with van der Waals surface area (Å²) < 4.78 is 14.3. The van der Waals surface area contributed by atoms with Crippen molar-refractivity contribution in [2.24, 2.45) is 0 Å². The summed E-state index contributed by atoms with van der Waals surface area (Å²) in [4.78, 5) is 43.1. The number of nitrogens with one attached hydrogen (secondary N) is 3. The van der Waals surface area contributed by atoms with Crippen molar-refractivity contribution in [3.63, 3.8) is 0 Å². The maximum Gasteiger partial charge on any atom is 0.272 e. The normalized spacial score (nSPS) is 11.9. The van der Waals surface area contributed by atoms with Gasteiger partial charge >= 0.3 is 0 Å². The smallest absolute Gasteiger partial charge is 0.272 e. The highest BCUT2D eigenvalue weighted by Gasteiger charge is 2.17. The summed E-state index contributed by atoms with van der Waals surface area (Å²) >= 11 is 2.70. The molecular formula is C28H23FN4O3S2. The molecule has 0 saturated heterocycles. The topological polar surface area (TPSA) is 100 Å². The Morgan fingerprint density at radius 1 is 0.947 bits per heavy atom. The molecule has 4 aromatic rings. The van der Waals surface area contributed by atoms with Gasteiger partial charge in [-0.3, -0.25) is 14.4 Å². The number of aromatic nitrogens is 1. The molecule has 3 amide bonds. The van der Waals surface area contributed by atoms with Gasteiger partial charge in [-0.1, -0.05) is 36.4 Å². The van der Waals surface area contributed by atoms with E-state index in [9.17, 15) is 18.8 Å². The van der Waals surface area contributed by atoms with Crippen LogP contribution in [-0.4, -0.2) is 28.0 Å². The Balaban J connectivity index is 1.45. The van der Waals surface area contributed by atoms with Crippen molar-refractivity contribution in [3.05, 3.63) is 113 Å². The van der Waals surface area contributed by atoms with E-state index in [1.807, 2.05) is 0 Å². The number of thioether (sulfide) groups is 1. The number of rotatable bonds is 9. The van der Waals surface area contributed by atoms with Crippen molar-refractivity contribution < 1.29 is 18.8 Å². The predicted molar refractivity (Wildman–Crippen MR) is 149 cm³/mol. The molecule has 0 aliphatic rings.